The molecule has 0 aliphatic carbocycles. The van der Waals surface area contributed by atoms with Gasteiger partial charge in [-0.3, -0.25) is 0 Å². The zero-order valence-corrected chi connectivity index (χ0v) is 32.0. The minimum Gasteiger partial charge on any atom is -0.316 e. The van der Waals surface area contributed by atoms with E-state index in [0.717, 1.165) is 73.8 Å². The third-order valence-electron chi connectivity index (χ3n) is 11.4. The third-order valence-corrected chi connectivity index (χ3v) is 11.4. The van der Waals surface area contributed by atoms with Gasteiger partial charge >= 0.3 is 0 Å². The first kappa shape index (κ1) is 37.3. The summed E-state index contributed by atoms with van der Waals surface area (Å²) >= 11 is 0. The fourth-order valence-corrected chi connectivity index (χ4v) is 8.48. The van der Waals surface area contributed by atoms with Gasteiger partial charge in [0.05, 0.1) is 0 Å². The minimum atomic E-state index is -0.308. The average molecular weight is 775 g/mol. The van der Waals surface area contributed by atoms with Crippen molar-refractivity contribution in [1.29, 1.82) is 0 Å². The molecule has 2 N–H and O–H groups in total. The normalized spacial score (nSPS) is 18.0. The van der Waals surface area contributed by atoms with Gasteiger partial charge in [0.2, 0.25) is 11.6 Å². The zero-order chi connectivity index (χ0) is 39.3. The van der Waals surface area contributed by atoms with Crippen LogP contribution in [0.1, 0.15) is 48.9 Å². The Bertz CT molecular complexity index is 2420. The lowest BCUT2D eigenvalue weighted by molar-refractivity contribution is 0.257. The van der Waals surface area contributed by atoms with Crippen molar-refractivity contribution in [3.63, 3.8) is 0 Å². The van der Waals surface area contributed by atoms with Gasteiger partial charge in [-0.25, -0.2) is 8.78 Å². The second-order valence-electron chi connectivity index (χ2n) is 15.1. The summed E-state index contributed by atoms with van der Waals surface area (Å²) in [5.74, 6) is 1.10. The Balaban J connectivity index is 0.000000150. The van der Waals surface area contributed by atoms with E-state index in [0.29, 0.717) is 33.5 Å². The van der Waals surface area contributed by atoms with Crippen molar-refractivity contribution in [2.45, 2.75) is 37.8 Å². The number of rotatable bonds is 8. The summed E-state index contributed by atoms with van der Waals surface area (Å²) in [4.78, 5) is 3.21. The monoisotopic (exact) mass is 774 g/mol. The molecule has 2 aromatic heterocycles. The Morgan fingerprint density at radius 3 is 1.33 bits per heavy atom. The predicted octanol–water partition coefficient (Wildman–Crippen LogP) is 8.44. The van der Waals surface area contributed by atoms with Gasteiger partial charge in [-0.15, -0.1) is 20.4 Å². The van der Waals surface area contributed by atoms with Crippen LogP contribution in [0.3, 0.4) is 0 Å². The van der Waals surface area contributed by atoms with Crippen LogP contribution in [0, 0.1) is 23.5 Å². The number of piperidine rings is 2. The molecule has 0 amide bonds. The maximum absolute atomic E-state index is 15.6. The number of hydrogen-bond acceptors (Lipinski definition) is 8. The molecule has 4 atom stereocenters. The van der Waals surface area contributed by atoms with E-state index in [9.17, 15) is 0 Å². The van der Waals surface area contributed by atoms with Gasteiger partial charge in [0.1, 0.15) is 23.7 Å². The van der Waals surface area contributed by atoms with E-state index < -0.39 is 0 Å². The van der Waals surface area contributed by atoms with E-state index in [1.807, 2.05) is 133 Å². The molecule has 0 bridgehead atoms. The van der Waals surface area contributed by atoms with Crippen molar-refractivity contribution in [2.75, 3.05) is 26.2 Å². The number of hydrogen-bond donors (Lipinski definition) is 2. The lowest BCUT2D eigenvalue weighted by Gasteiger charge is -2.30. The molecule has 0 spiro atoms. The van der Waals surface area contributed by atoms with Crippen molar-refractivity contribution >= 4 is 21.5 Å². The lowest BCUT2D eigenvalue weighted by atomic mass is 9.86. The van der Waals surface area contributed by atoms with E-state index >= 15 is 8.78 Å². The van der Waals surface area contributed by atoms with Crippen molar-refractivity contribution < 1.29 is 8.78 Å². The van der Waals surface area contributed by atoms with Gasteiger partial charge in [-0.05, 0) is 71.8 Å². The molecule has 6 aromatic carbocycles. The zero-order valence-electron chi connectivity index (χ0n) is 32.0. The van der Waals surface area contributed by atoms with Crippen molar-refractivity contribution in [3.8, 4) is 22.8 Å². The molecule has 2 fully saturated rings. The molecule has 2 aliphatic rings. The molecular formula is C46H44F2N10. The Labute approximate surface area is 335 Å². The highest BCUT2D eigenvalue weighted by molar-refractivity contribution is 5.84. The first-order valence-electron chi connectivity index (χ1n) is 20.1. The van der Waals surface area contributed by atoms with Crippen LogP contribution in [-0.2, 0) is 0 Å². The molecule has 292 valence electrons. The standard InChI is InChI=1S/2C23H22FN5/c2*24-21-19-11-5-4-7-16(19)12-13-20(21)22(18-10-6-14-25-15-18)29-27-23(26-28-29)17-8-2-1-3-9-17/h2*1-5,7-9,11-13,18,22,25H,6,10,14-15H2/t2*18-,22-/m10/s1. The Morgan fingerprint density at radius 2 is 0.914 bits per heavy atom. The number of nitrogens with zero attached hydrogens (tertiary/aromatic N) is 8. The highest BCUT2D eigenvalue weighted by Gasteiger charge is 2.33. The number of halogens is 2. The number of fused-ring (bicyclic) bond motifs is 2. The molecule has 10 rings (SSSR count). The summed E-state index contributed by atoms with van der Waals surface area (Å²) in [5.41, 5.74) is 3.04. The minimum absolute atomic E-state index is 0.192. The molecule has 12 heteroatoms. The van der Waals surface area contributed by atoms with E-state index in [1.165, 1.54) is 0 Å². The maximum Gasteiger partial charge on any atom is 0.204 e. The molecule has 0 unspecified atom stereocenters. The third kappa shape index (κ3) is 7.72. The van der Waals surface area contributed by atoms with Crippen molar-refractivity contribution in [1.82, 2.24) is 51.0 Å². The molecule has 0 saturated carbocycles. The quantitative estimate of drug-likeness (QED) is 0.158. The van der Waals surface area contributed by atoms with Crippen LogP contribution in [0.15, 0.2) is 133 Å². The summed E-state index contributed by atoms with van der Waals surface area (Å²) in [6.45, 7) is 3.59. The largest absolute Gasteiger partial charge is 0.316 e. The van der Waals surface area contributed by atoms with Crippen LogP contribution in [0.25, 0.3) is 44.3 Å². The topological polar surface area (TPSA) is 111 Å². The molecule has 2 aliphatic heterocycles. The number of tetrazole rings is 2. The number of aromatic nitrogens is 8. The molecular weight excluding hydrogens is 731 g/mol. The molecule has 0 radical (unpaired) electrons. The van der Waals surface area contributed by atoms with Gasteiger partial charge in [0.15, 0.2) is 0 Å². The van der Waals surface area contributed by atoms with Crippen molar-refractivity contribution in [3.05, 3.63) is 156 Å². The van der Waals surface area contributed by atoms with Gasteiger partial charge in [-0.2, -0.15) is 9.59 Å². The van der Waals surface area contributed by atoms with Gasteiger partial charge < -0.3 is 10.6 Å². The SMILES string of the molecule is Fc1c([C@@H]([C@@H]2CCCNC2)n2nnc(-c3ccccc3)n2)ccc2ccccc12.Fc1c([C@H]([C@H]2CCCNC2)n2nnc(-c3ccccc3)n2)ccc2ccccc12. The second-order valence-corrected chi connectivity index (χ2v) is 15.1. The van der Waals surface area contributed by atoms with Crippen LogP contribution in [0.2, 0.25) is 0 Å². The fourth-order valence-electron chi connectivity index (χ4n) is 8.48. The summed E-state index contributed by atoms with van der Waals surface area (Å²) in [6.07, 6.45) is 4.09. The number of benzene rings is 6. The van der Waals surface area contributed by atoms with Gasteiger partial charge in [0, 0.05) is 46.1 Å². The summed E-state index contributed by atoms with van der Waals surface area (Å²) in [5, 5.41) is 36.4. The van der Waals surface area contributed by atoms with Crippen LogP contribution in [0.5, 0.6) is 0 Å². The van der Waals surface area contributed by atoms with E-state index in [-0.39, 0.29) is 35.6 Å². The predicted molar refractivity (Wildman–Crippen MR) is 222 cm³/mol. The first-order chi connectivity index (χ1) is 28.6. The molecule has 10 nitrogen and oxygen atoms in total. The van der Waals surface area contributed by atoms with E-state index in [2.05, 4.69) is 41.5 Å². The van der Waals surface area contributed by atoms with Crippen LogP contribution in [-0.4, -0.2) is 66.6 Å². The fraction of sp³-hybridized carbons (Fsp3) is 0.261. The average Bonchev–Trinajstić information content (AvgIpc) is 3.99. The summed E-state index contributed by atoms with van der Waals surface area (Å²) in [7, 11) is 0. The molecule has 8 aromatic rings. The van der Waals surface area contributed by atoms with E-state index in [1.54, 1.807) is 9.59 Å². The van der Waals surface area contributed by atoms with E-state index in [4.69, 9.17) is 0 Å². The van der Waals surface area contributed by atoms with Gasteiger partial charge in [-0.1, -0.05) is 133 Å². The Morgan fingerprint density at radius 1 is 0.500 bits per heavy atom. The maximum atomic E-state index is 15.6. The summed E-state index contributed by atoms with van der Waals surface area (Å²) < 4.78 is 31.2. The highest BCUT2D eigenvalue weighted by Crippen LogP contribution is 2.36. The lowest BCUT2D eigenvalue weighted by Crippen LogP contribution is -2.36. The summed E-state index contributed by atoms with van der Waals surface area (Å²) in [6, 6.07) is 41.7. The molecule has 4 heterocycles. The first-order valence-corrected chi connectivity index (χ1v) is 20.1. The van der Waals surface area contributed by atoms with Crippen LogP contribution in [0.4, 0.5) is 8.78 Å². The number of nitrogens with one attached hydrogen (secondary N) is 2. The Hall–Kier alpha value is -6.24. The van der Waals surface area contributed by atoms with Crippen LogP contribution < -0.4 is 10.6 Å². The van der Waals surface area contributed by atoms with Crippen LogP contribution >= 0.6 is 0 Å². The van der Waals surface area contributed by atoms with Gasteiger partial charge in [0.25, 0.3) is 0 Å². The molecule has 2 saturated heterocycles. The smallest absolute Gasteiger partial charge is 0.204 e. The van der Waals surface area contributed by atoms with Crippen molar-refractivity contribution in [2.24, 2.45) is 11.8 Å². The second kappa shape index (κ2) is 17.1. The molecule has 58 heavy (non-hydrogen) atoms. The Kier molecular flexibility index (Phi) is 11.0. The highest BCUT2D eigenvalue weighted by atomic mass is 19.1.